The second-order valence-electron chi connectivity index (χ2n) is 5.99. The summed E-state index contributed by atoms with van der Waals surface area (Å²) in [6.45, 7) is 5.87. The molecule has 128 valence electrons. The number of nitrogens with one attached hydrogen (secondary N) is 3. The number of guanidine groups is 1. The molecular weight excluding hydrogens is 298 g/mol. The zero-order valence-electron chi connectivity index (χ0n) is 14.7. The number of hydrogen-bond donors (Lipinski definition) is 3. The third-order valence-electron chi connectivity index (χ3n) is 3.81. The van der Waals surface area contributed by atoms with E-state index in [-0.39, 0.29) is 0 Å². The van der Waals surface area contributed by atoms with E-state index in [9.17, 15) is 0 Å². The third kappa shape index (κ3) is 5.91. The molecule has 1 atom stereocenters. The van der Waals surface area contributed by atoms with Crippen molar-refractivity contribution in [1.82, 2.24) is 15.6 Å². The van der Waals surface area contributed by atoms with Crippen LogP contribution in [-0.4, -0.2) is 30.6 Å². The monoisotopic (exact) mass is 325 g/mol. The highest BCUT2D eigenvalue weighted by Gasteiger charge is 2.13. The van der Waals surface area contributed by atoms with Gasteiger partial charge < -0.3 is 16.0 Å². The zero-order chi connectivity index (χ0) is 17.2. The van der Waals surface area contributed by atoms with Gasteiger partial charge in [-0.3, -0.25) is 9.98 Å². The van der Waals surface area contributed by atoms with Crippen LogP contribution in [0, 0.1) is 5.92 Å². The third-order valence-corrected chi connectivity index (χ3v) is 3.81. The number of hydrogen-bond acceptors (Lipinski definition) is 3. The van der Waals surface area contributed by atoms with Crippen molar-refractivity contribution in [3.63, 3.8) is 0 Å². The molecule has 2 rings (SSSR count). The molecule has 0 amide bonds. The fourth-order valence-corrected chi connectivity index (χ4v) is 2.31. The Kier molecular flexibility index (Phi) is 7.08. The lowest BCUT2D eigenvalue weighted by atomic mass is 10.0. The average molecular weight is 325 g/mol. The first kappa shape index (κ1) is 17.8. The molecule has 0 saturated carbocycles. The lowest BCUT2D eigenvalue weighted by Crippen LogP contribution is -2.44. The largest absolute Gasteiger partial charge is 0.380 e. The van der Waals surface area contributed by atoms with Crippen LogP contribution in [-0.2, 0) is 6.54 Å². The first-order chi connectivity index (χ1) is 11.7. The van der Waals surface area contributed by atoms with Gasteiger partial charge >= 0.3 is 0 Å². The quantitative estimate of drug-likeness (QED) is 0.541. The van der Waals surface area contributed by atoms with E-state index in [1.165, 1.54) is 0 Å². The maximum atomic E-state index is 4.31. The normalized spacial score (nSPS) is 12.8. The molecule has 0 saturated heterocycles. The van der Waals surface area contributed by atoms with Gasteiger partial charge in [-0.15, -0.1) is 0 Å². The van der Waals surface area contributed by atoms with Crippen LogP contribution in [0.25, 0.3) is 0 Å². The molecule has 3 N–H and O–H groups in total. The van der Waals surface area contributed by atoms with Crippen LogP contribution in [0.2, 0.25) is 0 Å². The first-order valence-electron chi connectivity index (χ1n) is 8.35. The molecule has 2 aromatic rings. The Morgan fingerprint density at radius 1 is 1.04 bits per heavy atom. The summed E-state index contributed by atoms with van der Waals surface area (Å²) in [4.78, 5) is 8.59. The molecule has 5 nitrogen and oxygen atoms in total. The Hall–Kier alpha value is -2.56. The molecule has 0 radical (unpaired) electrons. The van der Waals surface area contributed by atoms with E-state index >= 15 is 0 Å². The topological polar surface area (TPSA) is 61.3 Å². The Labute approximate surface area is 144 Å². The predicted molar refractivity (Wildman–Crippen MR) is 101 cm³/mol. The molecule has 1 unspecified atom stereocenters. The van der Waals surface area contributed by atoms with Crippen LogP contribution in [0.4, 0.5) is 5.69 Å². The lowest BCUT2D eigenvalue weighted by Gasteiger charge is -2.25. The van der Waals surface area contributed by atoms with Crippen molar-refractivity contribution in [1.29, 1.82) is 0 Å². The minimum Gasteiger partial charge on any atom is -0.380 e. The van der Waals surface area contributed by atoms with E-state index in [0.29, 0.717) is 18.5 Å². The van der Waals surface area contributed by atoms with Crippen molar-refractivity contribution >= 4 is 11.6 Å². The van der Waals surface area contributed by atoms with Crippen LogP contribution in [0.1, 0.15) is 19.5 Å². The summed E-state index contributed by atoms with van der Waals surface area (Å²) in [5.74, 6) is 1.27. The van der Waals surface area contributed by atoms with Gasteiger partial charge in [0.2, 0.25) is 0 Å². The Balaban J connectivity index is 1.85. The number of anilines is 1. The van der Waals surface area contributed by atoms with E-state index < -0.39 is 0 Å². The molecule has 1 aromatic carbocycles. The number of para-hydroxylation sites is 1. The molecule has 0 aliphatic carbocycles. The number of nitrogens with zero attached hydrogens (tertiary/aromatic N) is 2. The van der Waals surface area contributed by atoms with Gasteiger partial charge in [-0.25, -0.2) is 0 Å². The molecule has 24 heavy (non-hydrogen) atoms. The van der Waals surface area contributed by atoms with Gasteiger partial charge in [0, 0.05) is 31.5 Å². The first-order valence-corrected chi connectivity index (χ1v) is 8.35. The minimum absolute atomic E-state index is 0.306. The highest BCUT2D eigenvalue weighted by molar-refractivity contribution is 5.79. The van der Waals surface area contributed by atoms with Crippen molar-refractivity contribution in [2.45, 2.75) is 26.4 Å². The highest BCUT2D eigenvalue weighted by atomic mass is 15.2. The van der Waals surface area contributed by atoms with Crippen molar-refractivity contribution in [2.24, 2.45) is 10.9 Å². The molecule has 1 heterocycles. The second kappa shape index (κ2) is 9.55. The maximum absolute atomic E-state index is 4.31. The molecule has 0 bridgehead atoms. The summed E-state index contributed by atoms with van der Waals surface area (Å²) in [6.07, 6.45) is 1.80. The fraction of sp³-hybridized carbons (Fsp3) is 0.368. The minimum atomic E-state index is 0.306. The van der Waals surface area contributed by atoms with Crippen molar-refractivity contribution in [3.05, 3.63) is 60.4 Å². The van der Waals surface area contributed by atoms with Crippen LogP contribution in [0.5, 0.6) is 0 Å². The lowest BCUT2D eigenvalue weighted by molar-refractivity contribution is 0.512. The van der Waals surface area contributed by atoms with Gasteiger partial charge in [-0.2, -0.15) is 0 Å². The van der Waals surface area contributed by atoms with Crippen LogP contribution in [0.3, 0.4) is 0 Å². The smallest absolute Gasteiger partial charge is 0.191 e. The van der Waals surface area contributed by atoms with Gasteiger partial charge in [-0.1, -0.05) is 38.1 Å². The summed E-state index contributed by atoms with van der Waals surface area (Å²) >= 11 is 0. The molecule has 5 heteroatoms. The number of aromatic nitrogens is 1. The number of rotatable bonds is 7. The van der Waals surface area contributed by atoms with E-state index in [2.05, 4.69) is 51.9 Å². The Bertz CT molecular complexity index is 610. The van der Waals surface area contributed by atoms with Crippen LogP contribution < -0.4 is 16.0 Å². The van der Waals surface area contributed by atoms with Crippen molar-refractivity contribution in [3.8, 4) is 0 Å². The van der Waals surface area contributed by atoms with E-state index in [4.69, 9.17) is 0 Å². The van der Waals surface area contributed by atoms with Gasteiger partial charge in [0.25, 0.3) is 0 Å². The fourth-order valence-electron chi connectivity index (χ4n) is 2.31. The van der Waals surface area contributed by atoms with E-state index in [1.807, 2.05) is 36.4 Å². The maximum Gasteiger partial charge on any atom is 0.191 e. The molecule has 0 fully saturated rings. The van der Waals surface area contributed by atoms with Crippen molar-refractivity contribution < 1.29 is 0 Å². The molecule has 0 aliphatic heterocycles. The van der Waals surface area contributed by atoms with Gasteiger partial charge in [-0.05, 0) is 30.2 Å². The summed E-state index contributed by atoms with van der Waals surface area (Å²) < 4.78 is 0. The second-order valence-corrected chi connectivity index (χ2v) is 5.99. The number of aliphatic imine (C=N–C) groups is 1. The SMILES string of the molecule is CN=C(NCc1ccccn1)NCC(Nc1ccccc1)C(C)C. The number of benzene rings is 1. The van der Waals surface area contributed by atoms with Crippen molar-refractivity contribution in [2.75, 3.05) is 18.9 Å². The van der Waals surface area contributed by atoms with Gasteiger partial charge in [0.05, 0.1) is 12.2 Å². The summed E-state index contributed by atoms with van der Waals surface area (Å²) in [5.41, 5.74) is 2.12. The Morgan fingerprint density at radius 3 is 2.42 bits per heavy atom. The molecule has 0 aliphatic rings. The Morgan fingerprint density at radius 2 is 1.79 bits per heavy atom. The van der Waals surface area contributed by atoms with Gasteiger partial charge in [0.15, 0.2) is 5.96 Å². The molecule has 1 aromatic heterocycles. The molecule has 0 spiro atoms. The summed E-state index contributed by atoms with van der Waals surface area (Å²) in [7, 11) is 1.78. The summed E-state index contributed by atoms with van der Waals surface area (Å²) in [6, 6.07) is 16.5. The van der Waals surface area contributed by atoms with Gasteiger partial charge in [0.1, 0.15) is 0 Å². The highest BCUT2D eigenvalue weighted by Crippen LogP contribution is 2.11. The van der Waals surface area contributed by atoms with Crippen LogP contribution in [0.15, 0.2) is 59.7 Å². The van der Waals surface area contributed by atoms with E-state index in [0.717, 1.165) is 23.9 Å². The average Bonchev–Trinajstić information content (AvgIpc) is 2.62. The predicted octanol–water partition coefficient (Wildman–Crippen LogP) is 2.88. The van der Waals surface area contributed by atoms with Crippen LogP contribution >= 0.6 is 0 Å². The molecular formula is C19H27N5. The zero-order valence-corrected chi connectivity index (χ0v) is 14.7. The summed E-state index contributed by atoms with van der Waals surface area (Å²) in [5, 5.41) is 10.3. The number of pyridine rings is 1. The standard InChI is InChI=1S/C19H27N5/c1-15(2)18(24-16-9-5-4-6-10-16)14-23-19(20-3)22-13-17-11-7-8-12-21-17/h4-12,15,18,24H,13-14H2,1-3H3,(H2,20,22,23). The van der Waals surface area contributed by atoms with E-state index in [1.54, 1.807) is 13.2 Å².